The summed E-state index contributed by atoms with van der Waals surface area (Å²) in [5.74, 6) is 0.320. The van der Waals surface area contributed by atoms with Crippen LogP contribution >= 0.6 is 11.6 Å². The molecule has 0 bridgehead atoms. The molecule has 2 heterocycles. The van der Waals surface area contributed by atoms with Crippen LogP contribution in [0.15, 0.2) is 18.3 Å². The summed E-state index contributed by atoms with van der Waals surface area (Å²) in [5, 5.41) is 0.348. The van der Waals surface area contributed by atoms with Crippen LogP contribution in [-0.4, -0.2) is 29.8 Å². The van der Waals surface area contributed by atoms with E-state index in [1.54, 1.807) is 10.6 Å². The zero-order valence-electron chi connectivity index (χ0n) is 8.44. The fraction of sp³-hybridized carbons (Fsp3) is 0.200. The number of pyridine rings is 1. The number of carbonyl (C=O) groups is 1. The van der Waals surface area contributed by atoms with E-state index < -0.39 is 0 Å². The van der Waals surface area contributed by atoms with E-state index in [-0.39, 0.29) is 0 Å². The summed E-state index contributed by atoms with van der Waals surface area (Å²) in [6.07, 6.45) is 2.47. The molecule has 0 aliphatic heterocycles. The molecule has 4 nitrogen and oxygen atoms in total. The first kappa shape index (κ1) is 9.98. The van der Waals surface area contributed by atoms with Crippen molar-refractivity contribution in [3.63, 3.8) is 0 Å². The van der Waals surface area contributed by atoms with Gasteiger partial charge in [-0.3, -0.25) is 9.20 Å². The standard InChI is InChI=1S/C10H10ClN3O/c1-13(2)7-3-4-14-8(5-7)10(11)12-9(14)6-15/h3-6H,1-2H3. The Morgan fingerprint density at radius 1 is 1.53 bits per heavy atom. The summed E-state index contributed by atoms with van der Waals surface area (Å²) in [5.41, 5.74) is 1.76. The second-order valence-corrected chi connectivity index (χ2v) is 3.77. The smallest absolute Gasteiger partial charge is 0.186 e. The maximum absolute atomic E-state index is 10.7. The number of aromatic nitrogens is 2. The Hall–Kier alpha value is -1.55. The second-order valence-electron chi connectivity index (χ2n) is 3.41. The molecule has 15 heavy (non-hydrogen) atoms. The van der Waals surface area contributed by atoms with Crippen LogP contribution in [0, 0.1) is 0 Å². The van der Waals surface area contributed by atoms with Gasteiger partial charge in [-0.1, -0.05) is 11.6 Å². The van der Waals surface area contributed by atoms with E-state index in [4.69, 9.17) is 11.6 Å². The highest BCUT2D eigenvalue weighted by Gasteiger charge is 2.09. The van der Waals surface area contributed by atoms with Crippen LogP contribution in [0.25, 0.3) is 5.52 Å². The van der Waals surface area contributed by atoms with Crippen molar-refractivity contribution in [3.05, 3.63) is 29.3 Å². The van der Waals surface area contributed by atoms with Crippen LogP contribution in [0.4, 0.5) is 5.69 Å². The van der Waals surface area contributed by atoms with Crippen molar-refractivity contribution >= 4 is 29.1 Å². The van der Waals surface area contributed by atoms with Crippen LogP contribution in [0.3, 0.4) is 0 Å². The van der Waals surface area contributed by atoms with Crippen molar-refractivity contribution in [2.75, 3.05) is 19.0 Å². The number of hydrogen-bond acceptors (Lipinski definition) is 3. The van der Waals surface area contributed by atoms with Gasteiger partial charge in [-0.25, -0.2) is 4.98 Å². The van der Waals surface area contributed by atoms with Crippen molar-refractivity contribution in [1.29, 1.82) is 0 Å². The molecule has 0 unspecified atom stereocenters. The minimum atomic E-state index is 0.320. The van der Waals surface area contributed by atoms with Crippen LogP contribution in [0.5, 0.6) is 0 Å². The molecule has 0 fully saturated rings. The highest BCUT2D eigenvalue weighted by atomic mass is 35.5. The number of nitrogens with zero attached hydrogens (tertiary/aromatic N) is 3. The van der Waals surface area contributed by atoms with Crippen molar-refractivity contribution in [2.45, 2.75) is 0 Å². The van der Waals surface area contributed by atoms with E-state index in [2.05, 4.69) is 4.98 Å². The number of hydrogen-bond donors (Lipinski definition) is 0. The molecule has 0 N–H and O–H groups in total. The van der Waals surface area contributed by atoms with Gasteiger partial charge in [-0.05, 0) is 12.1 Å². The van der Waals surface area contributed by atoms with Crippen LogP contribution in [0.1, 0.15) is 10.6 Å². The van der Waals surface area contributed by atoms with Gasteiger partial charge in [0, 0.05) is 26.0 Å². The molecule has 0 aliphatic carbocycles. The summed E-state index contributed by atoms with van der Waals surface area (Å²) in [6, 6.07) is 3.79. The molecule has 0 atom stereocenters. The van der Waals surface area contributed by atoms with Crippen molar-refractivity contribution < 1.29 is 4.79 Å². The number of aldehydes is 1. The van der Waals surface area contributed by atoms with Crippen molar-refractivity contribution in [3.8, 4) is 0 Å². The van der Waals surface area contributed by atoms with Gasteiger partial charge >= 0.3 is 0 Å². The van der Waals surface area contributed by atoms with E-state index in [0.29, 0.717) is 17.3 Å². The third-order valence-electron chi connectivity index (χ3n) is 2.23. The molecule has 0 aliphatic rings. The van der Waals surface area contributed by atoms with Gasteiger partial charge < -0.3 is 4.90 Å². The topological polar surface area (TPSA) is 37.6 Å². The third kappa shape index (κ3) is 1.57. The molecular formula is C10H10ClN3O. The molecular weight excluding hydrogens is 214 g/mol. The van der Waals surface area contributed by atoms with E-state index in [1.165, 1.54) is 0 Å². The lowest BCUT2D eigenvalue weighted by atomic mass is 10.3. The number of rotatable bonds is 2. The number of imidazole rings is 1. The van der Waals surface area contributed by atoms with Crippen LogP contribution in [-0.2, 0) is 0 Å². The Bertz CT molecular complexity index is 519. The normalized spacial score (nSPS) is 10.6. The van der Waals surface area contributed by atoms with Gasteiger partial charge in [0.15, 0.2) is 17.3 Å². The Labute approximate surface area is 92.1 Å². The lowest BCUT2D eigenvalue weighted by Gasteiger charge is -2.12. The molecule has 2 rings (SSSR count). The Kier molecular flexibility index (Phi) is 2.36. The lowest BCUT2D eigenvalue weighted by molar-refractivity contribution is 0.111. The first-order valence-corrected chi connectivity index (χ1v) is 4.81. The minimum Gasteiger partial charge on any atom is -0.378 e. The average Bonchev–Trinajstić information content (AvgIpc) is 2.55. The summed E-state index contributed by atoms with van der Waals surface area (Å²) >= 11 is 5.92. The van der Waals surface area contributed by atoms with Gasteiger partial charge in [-0.2, -0.15) is 0 Å². The van der Waals surface area contributed by atoms with Crippen LogP contribution < -0.4 is 4.90 Å². The quantitative estimate of drug-likeness (QED) is 0.730. The average molecular weight is 224 g/mol. The highest BCUT2D eigenvalue weighted by Crippen LogP contribution is 2.22. The Morgan fingerprint density at radius 2 is 2.27 bits per heavy atom. The summed E-state index contributed by atoms with van der Waals surface area (Å²) in [6.45, 7) is 0. The fourth-order valence-electron chi connectivity index (χ4n) is 1.42. The predicted octanol–water partition coefficient (Wildman–Crippen LogP) is 1.87. The molecule has 5 heteroatoms. The minimum absolute atomic E-state index is 0.320. The number of fused-ring (bicyclic) bond motifs is 1. The largest absolute Gasteiger partial charge is 0.378 e. The number of anilines is 1. The zero-order chi connectivity index (χ0) is 11.0. The highest BCUT2D eigenvalue weighted by molar-refractivity contribution is 6.33. The van der Waals surface area contributed by atoms with Crippen LogP contribution in [0.2, 0.25) is 5.15 Å². The maximum Gasteiger partial charge on any atom is 0.186 e. The summed E-state index contributed by atoms with van der Waals surface area (Å²) in [7, 11) is 3.88. The monoisotopic (exact) mass is 223 g/mol. The van der Waals surface area contributed by atoms with Gasteiger partial charge in [-0.15, -0.1) is 0 Å². The van der Waals surface area contributed by atoms with Gasteiger partial charge in [0.05, 0.1) is 5.52 Å². The molecule has 0 saturated carbocycles. The van der Waals surface area contributed by atoms with Crippen molar-refractivity contribution in [1.82, 2.24) is 9.38 Å². The molecule has 0 radical (unpaired) electrons. The molecule has 0 aromatic carbocycles. The predicted molar refractivity (Wildman–Crippen MR) is 59.9 cm³/mol. The summed E-state index contributed by atoms with van der Waals surface area (Å²) in [4.78, 5) is 16.6. The van der Waals surface area contributed by atoms with E-state index in [1.807, 2.05) is 31.1 Å². The summed E-state index contributed by atoms with van der Waals surface area (Å²) < 4.78 is 1.67. The molecule has 0 amide bonds. The van der Waals surface area contributed by atoms with E-state index in [0.717, 1.165) is 11.2 Å². The third-order valence-corrected chi connectivity index (χ3v) is 2.51. The maximum atomic E-state index is 10.7. The molecule has 78 valence electrons. The Balaban J connectivity index is 2.72. The SMILES string of the molecule is CN(C)c1ccn2c(C=O)nc(Cl)c2c1. The first-order valence-electron chi connectivity index (χ1n) is 4.43. The van der Waals surface area contributed by atoms with E-state index in [9.17, 15) is 4.79 Å². The Morgan fingerprint density at radius 3 is 2.87 bits per heavy atom. The lowest BCUT2D eigenvalue weighted by Crippen LogP contribution is -2.08. The number of halogens is 1. The zero-order valence-corrected chi connectivity index (χ0v) is 9.19. The molecule has 2 aromatic rings. The van der Waals surface area contributed by atoms with Gasteiger partial charge in [0.2, 0.25) is 0 Å². The van der Waals surface area contributed by atoms with E-state index >= 15 is 0 Å². The van der Waals surface area contributed by atoms with Gasteiger partial charge in [0.1, 0.15) is 0 Å². The second kappa shape index (κ2) is 3.55. The molecule has 0 spiro atoms. The molecule has 2 aromatic heterocycles. The van der Waals surface area contributed by atoms with Crippen molar-refractivity contribution in [2.24, 2.45) is 0 Å². The van der Waals surface area contributed by atoms with Gasteiger partial charge in [0.25, 0.3) is 0 Å². The fourth-order valence-corrected chi connectivity index (χ4v) is 1.65. The molecule has 0 saturated heterocycles. The first-order chi connectivity index (χ1) is 7.13. The number of carbonyl (C=O) groups excluding carboxylic acids is 1.